The van der Waals surface area contributed by atoms with Gasteiger partial charge in [-0.05, 0) is 32.4 Å². The van der Waals surface area contributed by atoms with Gasteiger partial charge in [0.2, 0.25) is 5.91 Å². The Morgan fingerprint density at radius 1 is 1.50 bits per heavy atom. The predicted molar refractivity (Wildman–Crippen MR) is 58.2 cm³/mol. The third-order valence-electron chi connectivity index (χ3n) is 2.92. The van der Waals surface area contributed by atoms with Crippen LogP contribution < -0.4 is 5.32 Å². The number of amides is 1. The minimum Gasteiger partial charge on any atom is -0.355 e. The van der Waals surface area contributed by atoms with Gasteiger partial charge in [0.25, 0.3) is 0 Å². The number of nitrogens with one attached hydrogen (secondary N) is 1. The Morgan fingerprint density at radius 3 is 2.93 bits per heavy atom. The molecule has 3 heteroatoms. The molecule has 1 fully saturated rings. The first-order valence-electron chi connectivity index (χ1n) is 5.78. The fourth-order valence-electron chi connectivity index (χ4n) is 2.09. The average Bonchev–Trinajstić information content (AvgIpc) is 2.62. The Kier molecular flexibility index (Phi) is 4.94. The highest BCUT2D eigenvalue weighted by molar-refractivity contribution is 5.75. The second-order valence-corrected chi connectivity index (χ2v) is 3.98. The minimum atomic E-state index is 0.204. The number of carbonyl (C=O) groups is 1. The third kappa shape index (κ3) is 3.29. The molecule has 82 valence electrons. The van der Waals surface area contributed by atoms with E-state index in [0.29, 0.717) is 12.5 Å². The third-order valence-corrected chi connectivity index (χ3v) is 2.92. The highest BCUT2D eigenvalue weighted by Gasteiger charge is 2.22. The van der Waals surface area contributed by atoms with E-state index in [-0.39, 0.29) is 5.91 Å². The molecule has 1 unspecified atom stereocenters. The summed E-state index contributed by atoms with van der Waals surface area (Å²) >= 11 is 0. The fourth-order valence-corrected chi connectivity index (χ4v) is 2.09. The molecule has 0 saturated carbocycles. The molecule has 0 aliphatic carbocycles. The summed E-state index contributed by atoms with van der Waals surface area (Å²) in [5.41, 5.74) is 0. The van der Waals surface area contributed by atoms with Gasteiger partial charge < -0.3 is 5.32 Å². The van der Waals surface area contributed by atoms with Crippen LogP contribution in [0.25, 0.3) is 0 Å². The SMILES string of the molecule is CCCC(=O)NCC1CCCN1CC. The smallest absolute Gasteiger partial charge is 0.220 e. The molecule has 1 N–H and O–H groups in total. The summed E-state index contributed by atoms with van der Waals surface area (Å²) < 4.78 is 0. The molecule has 0 aromatic carbocycles. The minimum absolute atomic E-state index is 0.204. The van der Waals surface area contributed by atoms with E-state index < -0.39 is 0 Å². The number of carbonyl (C=O) groups excluding carboxylic acids is 1. The van der Waals surface area contributed by atoms with Crippen LogP contribution in [0.1, 0.15) is 39.5 Å². The second-order valence-electron chi connectivity index (χ2n) is 3.98. The van der Waals surface area contributed by atoms with Crippen molar-refractivity contribution in [3.05, 3.63) is 0 Å². The van der Waals surface area contributed by atoms with Gasteiger partial charge in [0.15, 0.2) is 0 Å². The maximum absolute atomic E-state index is 11.3. The van der Waals surface area contributed by atoms with Crippen LogP contribution in [-0.2, 0) is 4.79 Å². The zero-order valence-corrected chi connectivity index (χ0v) is 9.38. The van der Waals surface area contributed by atoms with E-state index in [1.165, 1.54) is 19.4 Å². The van der Waals surface area contributed by atoms with Crippen LogP contribution in [0.4, 0.5) is 0 Å². The van der Waals surface area contributed by atoms with Crippen molar-refractivity contribution in [1.82, 2.24) is 10.2 Å². The molecule has 0 bridgehead atoms. The van der Waals surface area contributed by atoms with Gasteiger partial charge in [-0.2, -0.15) is 0 Å². The molecule has 1 atom stereocenters. The lowest BCUT2D eigenvalue weighted by Gasteiger charge is -2.22. The molecule has 1 aliphatic heterocycles. The quantitative estimate of drug-likeness (QED) is 0.724. The van der Waals surface area contributed by atoms with Crippen molar-refractivity contribution in [2.45, 2.75) is 45.6 Å². The molecule has 1 rings (SSSR count). The summed E-state index contributed by atoms with van der Waals surface area (Å²) in [5.74, 6) is 0.204. The van der Waals surface area contributed by atoms with E-state index in [1.807, 2.05) is 6.92 Å². The summed E-state index contributed by atoms with van der Waals surface area (Å²) in [7, 11) is 0. The molecule has 1 heterocycles. The fraction of sp³-hybridized carbons (Fsp3) is 0.909. The summed E-state index contributed by atoms with van der Waals surface area (Å²) in [4.78, 5) is 13.7. The van der Waals surface area contributed by atoms with Crippen molar-refractivity contribution in [3.63, 3.8) is 0 Å². The van der Waals surface area contributed by atoms with Crippen molar-refractivity contribution >= 4 is 5.91 Å². The second kappa shape index (κ2) is 6.02. The number of hydrogen-bond donors (Lipinski definition) is 1. The summed E-state index contributed by atoms with van der Waals surface area (Å²) in [6.45, 7) is 7.37. The molecule has 0 spiro atoms. The summed E-state index contributed by atoms with van der Waals surface area (Å²) in [5, 5.41) is 3.01. The maximum atomic E-state index is 11.3. The van der Waals surface area contributed by atoms with Crippen LogP contribution in [0.3, 0.4) is 0 Å². The molecule has 1 saturated heterocycles. The Balaban J connectivity index is 2.20. The van der Waals surface area contributed by atoms with Crippen molar-refractivity contribution < 1.29 is 4.79 Å². The van der Waals surface area contributed by atoms with E-state index in [9.17, 15) is 4.79 Å². The van der Waals surface area contributed by atoms with Gasteiger partial charge in [0.05, 0.1) is 0 Å². The van der Waals surface area contributed by atoms with E-state index in [0.717, 1.165) is 19.5 Å². The topological polar surface area (TPSA) is 32.3 Å². The molecule has 1 aliphatic rings. The Bertz CT molecular complexity index is 182. The molecular formula is C11H22N2O. The van der Waals surface area contributed by atoms with Gasteiger partial charge in [-0.15, -0.1) is 0 Å². The molecule has 1 amide bonds. The van der Waals surface area contributed by atoms with Gasteiger partial charge in [-0.25, -0.2) is 0 Å². The zero-order valence-electron chi connectivity index (χ0n) is 9.38. The van der Waals surface area contributed by atoms with E-state index in [4.69, 9.17) is 0 Å². The van der Waals surface area contributed by atoms with Crippen molar-refractivity contribution in [3.8, 4) is 0 Å². The summed E-state index contributed by atoms with van der Waals surface area (Å²) in [6, 6.07) is 0.584. The van der Waals surface area contributed by atoms with Crippen LogP contribution >= 0.6 is 0 Å². The van der Waals surface area contributed by atoms with Crippen LogP contribution in [0, 0.1) is 0 Å². The van der Waals surface area contributed by atoms with Crippen LogP contribution in [-0.4, -0.2) is 36.5 Å². The molecule has 0 radical (unpaired) electrons. The standard InChI is InChI=1S/C11H22N2O/c1-3-6-11(14)12-9-10-7-5-8-13(10)4-2/h10H,3-9H2,1-2H3,(H,12,14). The largest absolute Gasteiger partial charge is 0.355 e. The number of hydrogen-bond acceptors (Lipinski definition) is 2. The molecule has 0 aromatic heterocycles. The van der Waals surface area contributed by atoms with Crippen molar-refractivity contribution in [2.75, 3.05) is 19.6 Å². The number of likely N-dealkylation sites (tertiary alicyclic amines) is 1. The van der Waals surface area contributed by atoms with E-state index in [2.05, 4.69) is 17.1 Å². The van der Waals surface area contributed by atoms with Gasteiger partial charge in [-0.1, -0.05) is 13.8 Å². The van der Waals surface area contributed by atoms with Gasteiger partial charge in [0, 0.05) is 19.0 Å². The van der Waals surface area contributed by atoms with E-state index >= 15 is 0 Å². The number of likely N-dealkylation sites (N-methyl/N-ethyl adjacent to an activating group) is 1. The lowest BCUT2D eigenvalue weighted by molar-refractivity contribution is -0.121. The highest BCUT2D eigenvalue weighted by atomic mass is 16.1. The lowest BCUT2D eigenvalue weighted by atomic mass is 10.2. The van der Waals surface area contributed by atoms with Crippen molar-refractivity contribution in [2.24, 2.45) is 0 Å². The normalized spacial score (nSPS) is 22.6. The first kappa shape index (κ1) is 11.5. The molecular weight excluding hydrogens is 176 g/mol. The number of rotatable bonds is 5. The Morgan fingerprint density at radius 2 is 2.29 bits per heavy atom. The number of nitrogens with zero attached hydrogens (tertiary/aromatic N) is 1. The van der Waals surface area contributed by atoms with Crippen LogP contribution in [0.5, 0.6) is 0 Å². The average molecular weight is 198 g/mol. The Labute approximate surface area is 86.9 Å². The van der Waals surface area contributed by atoms with Crippen LogP contribution in [0.15, 0.2) is 0 Å². The van der Waals surface area contributed by atoms with Crippen molar-refractivity contribution in [1.29, 1.82) is 0 Å². The van der Waals surface area contributed by atoms with Gasteiger partial charge in [-0.3, -0.25) is 9.69 Å². The zero-order chi connectivity index (χ0) is 10.4. The highest BCUT2D eigenvalue weighted by Crippen LogP contribution is 2.15. The first-order chi connectivity index (χ1) is 6.77. The lowest BCUT2D eigenvalue weighted by Crippen LogP contribution is -2.39. The van der Waals surface area contributed by atoms with Gasteiger partial charge >= 0.3 is 0 Å². The van der Waals surface area contributed by atoms with E-state index in [1.54, 1.807) is 0 Å². The predicted octanol–water partition coefficient (Wildman–Crippen LogP) is 1.39. The Hall–Kier alpha value is -0.570. The maximum Gasteiger partial charge on any atom is 0.220 e. The van der Waals surface area contributed by atoms with Crippen LogP contribution in [0.2, 0.25) is 0 Å². The monoisotopic (exact) mass is 198 g/mol. The molecule has 14 heavy (non-hydrogen) atoms. The summed E-state index contributed by atoms with van der Waals surface area (Å²) in [6.07, 6.45) is 4.12. The molecule has 0 aromatic rings. The first-order valence-corrected chi connectivity index (χ1v) is 5.78. The van der Waals surface area contributed by atoms with Gasteiger partial charge in [0.1, 0.15) is 0 Å². The molecule has 3 nitrogen and oxygen atoms in total.